The molecule has 0 saturated carbocycles. The molecular formula is C19H15ClO5. The maximum atomic E-state index is 12.4. The van der Waals surface area contributed by atoms with E-state index in [4.69, 9.17) is 25.5 Å². The van der Waals surface area contributed by atoms with Gasteiger partial charge in [-0.05, 0) is 18.2 Å². The molecule has 6 heteroatoms. The third kappa shape index (κ3) is 3.57. The fourth-order valence-electron chi connectivity index (χ4n) is 2.51. The summed E-state index contributed by atoms with van der Waals surface area (Å²) in [5.41, 5.74) is 1.45. The van der Waals surface area contributed by atoms with E-state index in [0.29, 0.717) is 21.7 Å². The molecule has 0 spiro atoms. The molecule has 3 aromatic rings. The predicted octanol–water partition coefficient (Wildman–Crippen LogP) is 4.27. The van der Waals surface area contributed by atoms with E-state index in [1.165, 1.54) is 7.11 Å². The van der Waals surface area contributed by atoms with Crippen molar-refractivity contribution < 1.29 is 23.5 Å². The Bertz CT molecular complexity index is 928. The topological polar surface area (TPSA) is 65.7 Å². The Morgan fingerprint density at radius 2 is 1.80 bits per heavy atom. The number of furan rings is 1. The van der Waals surface area contributed by atoms with Gasteiger partial charge in [0.25, 0.3) is 0 Å². The number of hydrogen-bond acceptors (Lipinski definition) is 5. The van der Waals surface area contributed by atoms with E-state index in [1.54, 1.807) is 36.4 Å². The summed E-state index contributed by atoms with van der Waals surface area (Å²) in [5, 5.41) is 1.08. The van der Waals surface area contributed by atoms with Crippen molar-refractivity contribution in [1.82, 2.24) is 0 Å². The number of benzene rings is 2. The fraction of sp³-hybridized carbons (Fsp3) is 0.158. The second kappa shape index (κ2) is 7.51. The highest BCUT2D eigenvalue weighted by atomic mass is 35.5. The molecule has 1 heterocycles. The van der Waals surface area contributed by atoms with Crippen LogP contribution in [0.25, 0.3) is 11.0 Å². The van der Waals surface area contributed by atoms with E-state index in [0.717, 1.165) is 5.39 Å². The maximum absolute atomic E-state index is 12.4. The van der Waals surface area contributed by atoms with Gasteiger partial charge in [0.2, 0.25) is 11.5 Å². The summed E-state index contributed by atoms with van der Waals surface area (Å²) in [6.07, 6.45) is 0. The lowest BCUT2D eigenvalue weighted by atomic mass is 10.1. The second-order valence-corrected chi connectivity index (χ2v) is 5.73. The third-order valence-corrected chi connectivity index (χ3v) is 4.01. The molecular weight excluding hydrogens is 344 g/mol. The van der Waals surface area contributed by atoms with Crippen LogP contribution >= 0.6 is 11.6 Å². The van der Waals surface area contributed by atoms with Crippen molar-refractivity contribution >= 4 is 34.3 Å². The summed E-state index contributed by atoms with van der Waals surface area (Å²) >= 11 is 5.97. The highest BCUT2D eigenvalue weighted by molar-refractivity contribution is 6.34. The number of fused-ring (bicyclic) bond motifs is 1. The molecule has 25 heavy (non-hydrogen) atoms. The van der Waals surface area contributed by atoms with Gasteiger partial charge in [-0.25, -0.2) is 4.79 Å². The minimum Gasteiger partial charge on any atom is -0.451 e. The molecule has 0 aliphatic heterocycles. The average Bonchev–Trinajstić information content (AvgIpc) is 2.99. The summed E-state index contributed by atoms with van der Waals surface area (Å²) in [5.74, 6) is -1.07. The summed E-state index contributed by atoms with van der Waals surface area (Å²) in [6, 6.07) is 13.8. The molecule has 128 valence electrons. The minimum absolute atomic E-state index is 0.0370. The van der Waals surface area contributed by atoms with Crippen LogP contribution in [0.15, 0.2) is 52.9 Å². The Kier molecular flexibility index (Phi) is 5.16. The highest BCUT2D eigenvalue weighted by Gasteiger charge is 2.23. The van der Waals surface area contributed by atoms with Gasteiger partial charge >= 0.3 is 5.97 Å². The molecule has 0 saturated heterocycles. The fourth-order valence-corrected chi connectivity index (χ4v) is 2.75. The van der Waals surface area contributed by atoms with Crippen molar-refractivity contribution in [2.45, 2.75) is 6.61 Å². The van der Waals surface area contributed by atoms with Crippen molar-refractivity contribution in [2.75, 3.05) is 13.7 Å². The summed E-state index contributed by atoms with van der Waals surface area (Å²) in [6.45, 7) is -0.230. The quantitative estimate of drug-likeness (QED) is 0.486. The second-order valence-electron chi connectivity index (χ2n) is 5.32. The number of Topliss-reactive ketones (excluding diaryl/α,β-unsaturated/α-hetero) is 1. The van der Waals surface area contributed by atoms with E-state index in [9.17, 15) is 9.59 Å². The van der Waals surface area contributed by atoms with Crippen LogP contribution in [-0.2, 0) is 16.1 Å². The van der Waals surface area contributed by atoms with Crippen LogP contribution in [0.2, 0.25) is 5.02 Å². The van der Waals surface area contributed by atoms with Crippen molar-refractivity contribution in [2.24, 2.45) is 0 Å². The van der Waals surface area contributed by atoms with Crippen LogP contribution in [0.1, 0.15) is 26.5 Å². The van der Waals surface area contributed by atoms with Gasteiger partial charge in [-0.3, -0.25) is 4.79 Å². The number of ketones is 1. The first kappa shape index (κ1) is 17.2. The first-order valence-electron chi connectivity index (χ1n) is 7.56. The molecule has 0 aliphatic carbocycles. The number of para-hydroxylation sites is 1. The number of ether oxygens (including phenoxy) is 2. The van der Waals surface area contributed by atoms with Crippen LogP contribution in [0, 0.1) is 0 Å². The number of rotatable bonds is 6. The monoisotopic (exact) mass is 358 g/mol. The average molecular weight is 359 g/mol. The van der Waals surface area contributed by atoms with Crippen LogP contribution < -0.4 is 0 Å². The molecule has 0 unspecified atom stereocenters. The predicted molar refractivity (Wildman–Crippen MR) is 93.0 cm³/mol. The van der Waals surface area contributed by atoms with Gasteiger partial charge in [-0.2, -0.15) is 0 Å². The van der Waals surface area contributed by atoms with Crippen LogP contribution in [0.4, 0.5) is 0 Å². The van der Waals surface area contributed by atoms with Gasteiger partial charge in [0, 0.05) is 23.6 Å². The molecule has 0 fully saturated rings. The molecule has 0 amide bonds. The van der Waals surface area contributed by atoms with Gasteiger partial charge in [-0.1, -0.05) is 41.9 Å². The zero-order valence-electron chi connectivity index (χ0n) is 13.5. The van der Waals surface area contributed by atoms with E-state index < -0.39 is 12.6 Å². The Morgan fingerprint density at radius 3 is 2.56 bits per heavy atom. The number of hydrogen-bond donors (Lipinski definition) is 0. The number of esters is 1. The lowest BCUT2D eigenvalue weighted by molar-refractivity contribution is 0.0441. The molecule has 2 aromatic carbocycles. The smallest absolute Gasteiger partial charge is 0.375 e. The molecule has 0 bridgehead atoms. The Balaban J connectivity index is 1.79. The number of carbonyl (C=O) groups is 2. The van der Waals surface area contributed by atoms with Gasteiger partial charge in [0.15, 0.2) is 6.61 Å². The molecule has 0 N–H and O–H groups in total. The lowest BCUT2D eigenvalue weighted by Gasteiger charge is -2.05. The van der Waals surface area contributed by atoms with Gasteiger partial charge in [0.05, 0.1) is 11.6 Å². The van der Waals surface area contributed by atoms with Gasteiger partial charge in [0.1, 0.15) is 5.58 Å². The Hall–Kier alpha value is -2.63. The number of halogens is 1. The van der Waals surface area contributed by atoms with E-state index >= 15 is 0 Å². The lowest BCUT2D eigenvalue weighted by Crippen LogP contribution is -2.15. The largest absolute Gasteiger partial charge is 0.451 e. The van der Waals surface area contributed by atoms with E-state index in [1.807, 2.05) is 12.1 Å². The highest BCUT2D eigenvalue weighted by Crippen LogP contribution is 2.27. The summed E-state index contributed by atoms with van der Waals surface area (Å²) < 4.78 is 15.8. The van der Waals surface area contributed by atoms with Crippen LogP contribution in [0.3, 0.4) is 0 Å². The Labute approximate surface area is 149 Å². The molecule has 5 nitrogen and oxygen atoms in total. The van der Waals surface area contributed by atoms with Crippen LogP contribution in [0.5, 0.6) is 0 Å². The van der Waals surface area contributed by atoms with Crippen LogP contribution in [-0.4, -0.2) is 25.5 Å². The van der Waals surface area contributed by atoms with Crippen molar-refractivity contribution in [3.8, 4) is 0 Å². The zero-order chi connectivity index (χ0) is 17.8. The normalized spacial score (nSPS) is 10.8. The number of carbonyl (C=O) groups excluding carboxylic acids is 2. The van der Waals surface area contributed by atoms with Crippen molar-refractivity contribution in [1.29, 1.82) is 0 Å². The van der Waals surface area contributed by atoms with Crippen molar-refractivity contribution in [3.05, 3.63) is 70.4 Å². The molecule has 0 atom stereocenters. The summed E-state index contributed by atoms with van der Waals surface area (Å²) in [4.78, 5) is 24.5. The van der Waals surface area contributed by atoms with E-state index in [2.05, 4.69) is 0 Å². The molecule has 3 rings (SSSR count). The van der Waals surface area contributed by atoms with Crippen molar-refractivity contribution in [3.63, 3.8) is 0 Å². The van der Waals surface area contributed by atoms with E-state index in [-0.39, 0.29) is 18.2 Å². The van der Waals surface area contributed by atoms with Gasteiger partial charge < -0.3 is 13.9 Å². The molecule has 1 aromatic heterocycles. The first-order chi connectivity index (χ1) is 12.1. The summed E-state index contributed by atoms with van der Waals surface area (Å²) in [7, 11) is 1.53. The SMILES string of the molecule is COCc1c(C(=O)OCC(=O)c2ccccc2Cl)oc2ccccc12. The first-order valence-corrected chi connectivity index (χ1v) is 7.93. The third-order valence-electron chi connectivity index (χ3n) is 3.68. The van der Waals surface area contributed by atoms with Gasteiger partial charge in [-0.15, -0.1) is 0 Å². The minimum atomic E-state index is -0.719. The molecule has 0 aliphatic rings. The standard InChI is InChI=1S/C19H15ClO5/c1-23-10-14-12-6-3-5-9-17(12)25-18(14)19(22)24-11-16(21)13-7-2-4-8-15(13)20/h2-9H,10-11H2,1H3. The number of methoxy groups -OCH3 is 1. The Morgan fingerprint density at radius 1 is 1.08 bits per heavy atom. The molecule has 0 radical (unpaired) electrons. The zero-order valence-corrected chi connectivity index (χ0v) is 14.2. The maximum Gasteiger partial charge on any atom is 0.375 e.